The Labute approximate surface area is 116 Å². The van der Waals surface area contributed by atoms with E-state index in [1.807, 2.05) is 42.6 Å². The molecule has 19 heavy (non-hydrogen) atoms. The molecule has 0 aliphatic rings. The SMILES string of the molecule is CCCc1c(O)c2cccc(Cl)c2[n+]2ccccc12. The lowest BCUT2D eigenvalue weighted by atomic mass is 10.0. The molecule has 3 rings (SSSR count). The number of fused-ring (bicyclic) bond motifs is 3. The zero-order chi connectivity index (χ0) is 13.4. The van der Waals surface area contributed by atoms with Gasteiger partial charge in [0.15, 0.2) is 6.20 Å². The normalized spacial score (nSPS) is 11.3. The van der Waals surface area contributed by atoms with Gasteiger partial charge in [0.1, 0.15) is 10.8 Å². The van der Waals surface area contributed by atoms with Crippen molar-refractivity contribution in [1.82, 2.24) is 0 Å². The number of halogens is 1. The van der Waals surface area contributed by atoms with E-state index in [2.05, 4.69) is 11.3 Å². The molecule has 2 aromatic heterocycles. The lowest BCUT2D eigenvalue weighted by Crippen LogP contribution is -2.24. The van der Waals surface area contributed by atoms with E-state index in [0.717, 1.165) is 34.8 Å². The molecular weight excluding hydrogens is 258 g/mol. The molecule has 0 aliphatic heterocycles. The maximum atomic E-state index is 10.5. The van der Waals surface area contributed by atoms with Crippen LogP contribution in [-0.4, -0.2) is 5.11 Å². The summed E-state index contributed by atoms with van der Waals surface area (Å²) in [6.45, 7) is 2.11. The summed E-state index contributed by atoms with van der Waals surface area (Å²) < 4.78 is 2.06. The molecule has 0 amide bonds. The second-order valence-electron chi connectivity index (χ2n) is 4.67. The summed E-state index contributed by atoms with van der Waals surface area (Å²) in [4.78, 5) is 0. The molecule has 2 heterocycles. The van der Waals surface area contributed by atoms with Crippen LogP contribution >= 0.6 is 11.6 Å². The maximum Gasteiger partial charge on any atom is 0.240 e. The first-order valence-corrected chi connectivity index (χ1v) is 6.84. The molecule has 0 saturated carbocycles. The molecular formula is C16H15ClNO+. The summed E-state index contributed by atoms with van der Waals surface area (Å²) in [7, 11) is 0. The number of aromatic nitrogens is 1. The lowest BCUT2D eigenvalue weighted by molar-refractivity contribution is -0.482. The number of hydrogen-bond donors (Lipinski definition) is 1. The van der Waals surface area contributed by atoms with Crippen LogP contribution in [0.15, 0.2) is 42.6 Å². The Kier molecular flexibility index (Phi) is 3.03. The van der Waals surface area contributed by atoms with Crippen molar-refractivity contribution < 1.29 is 9.51 Å². The monoisotopic (exact) mass is 272 g/mol. The number of hydrogen-bond acceptors (Lipinski definition) is 1. The van der Waals surface area contributed by atoms with E-state index < -0.39 is 0 Å². The number of nitrogens with zero attached hydrogens (tertiary/aromatic N) is 1. The van der Waals surface area contributed by atoms with Crippen LogP contribution in [-0.2, 0) is 6.42 Å². The van der Waals surface area contributed by atoms with Gasteiger partial charge in [-0.25, -0.2) is 0 Å². The van der Waals surface area contributed by atoms with Crippen LogP contribution in [0.2, 0.25) is 5.02 Å². The molecule has 0 fully saturated rings. The zero-order valence-corrected chi connectivity index (χ0v) is 11.5. The van der Waals surface area contributed by atoms with Gasteiger partial charge in [-0.1, -0.05) is 31.0 Å². The minimum absolute atomic E-state index is 0.352. The first kappa shape index (κ1) is 12.2. The molecule has 1 N–H and O–H groups in total. The molecule has 1 aromatic carbocycles. The van der Waals surface area contributed by atoms with Gasteiger partial charge in [-0.2, -0.15) is 4.40 Å². The van der Waals surface area contributed by atoms with Crippen LogP contribution in [0.25, 0.3) is 16.4 Å². The summed E-state index contributed by atoms with van der Waals surface area (Å²) in [5, 5.41) is 12.0. The van der Waals surface area contributed by atoms with Gasteiger partial charge in [0.25, 0.3) is 0 Å². The number of rotatable bonds is 2. The first-order valence-electron chi connectivity index (χ1n) is 6.46. The van der Waals surface area contributed by atoms with Gasteiger partial charge in [0, 0.05) is 12.1 Å². The molecule has 2 nitrogen and oxygen atoms in total. The van der Waals surface area contributed by atoms with Crippen molar-refractivity contribution in [2.45, 2.75) is 19.8 Å². The van der Waals surface area contributed by atoms with Crippen molar-refractivity contribution in [3.05, 3.63) is 53.2 Å². The molecule has 3 heteroatoms. The van der Waals surface area contributed by atoms with Crippen LogP contribution in [0.1, 0.15) is 18.9 Å². The highest BCUT2D eigenvalue weighted by molar-refractivity contribution is 6.34. The molecule has 0 atom stereocenters. The molecule has 0 unspecified atom stereocenters. The fourth-order valence-corrected chi connectivity index (χ4v) is 2.88. The highest BCUT2D eigenvalue weighted by Gasteiger charge is 2.21. The standard InChI is InChI=1S/C16H14ClNO/c1-2-6-11-14-9-3-4-10-18(14)15-12(16(11)19)7-5-8-13(15)17/h3-5,7-10H,2,6H2,1H3/p+1. The van der Waals surface area contributed by atoms with Gasteiger partial charge in [-0.15, -0.1) is 0 Å². The Balaban J connectivity index is 2.57. The van der Waals surface area contributed by atoms with E-state index >= 15 is 0 Å². The zero-order valence-electron chi connectivity index (χ0n) is 10.7. The van der Waals surface area contributed by atoms with Crippen molar-refractivity contribution in [3.8, 4) is 5.75 Å². The molecule has 0 saturated heterocycles. The Morgan fingerprint density at radius 3 is 2.79 bits per heavy atom. The average molecular weight is 273 g/mol. The molecule has 0 radical (unpaired) electrons. The number of aryl methyl sites for hydroxylation is 1. The topological polar surface area (TPSA) is 24.3 Å². The summed E-state index contributed by atoms with van der Waals surface area (Å²) in [5.74, 6) is 0.352. The highest BCUT2D eigenvalue weighted by Crippen LogP contribution is 2.33. The first-order chi connectivity index (χ1) is 9.24. The van der Waals surface area contributed by atoms with Crippen LogP contribution in [0.3, 0.4) is 0 Å². The van der Waals surface area contributed by atoms with E-state index in [4.69, 9.17) is 11.6 Å². The van der Waals surface area contributed by atoms with Crippen molar-refractivity contribution in [3.63, 3.8) is 0 Å². The Hall–Kier alpha value is -1.80. The van der Waals surface area contributed by atoms with Crippen molar-refractivity contribution in [2.24, 2.45) is 0 Å². The number of pyridine rings is 2. The van der Waals surface area contributed by atoms with E-state index in [0.29, 0.717) is 10.8 Å². The summed E-state index contributed by atoms with van der Waals surface area (Å²) >= 11 is 6.31. The number of para-hydroxylation sites is 1. The summed E-state index contributed by atoms with van der Waals surface area (Å²) in [5.41, 5.74) is 2.86. The number of aromatic hydroxyl groups is 1. The minimum Gasteiger partial charge on any atom is -0.507 e. The van der Waals surface area contributed by atoms with Gasteiger partial charge >= 0.3 is 0 Å². The van der Waals surface area contributed by atoms with Gasteiger partial charge in [-0.05, 0) is 24.6 Å². The van der Waals surface area contributed by atoms with Crippen LogP contribution in [0.4, 0.5) is 0 Å². The molecule has 3 aromatic rings. The van der Waals surface area contributed by atoms with Crippen molar-refractivity contribution >= 4 is 28.0 Å². The second-order valence-corrected chi connectivity index (χ2v) is 5.08. The van der Waals surface area contributed by atoms with Gasteiger partial charge < -0.3 is 5.11 Å². The van der Waals surface area contributed by atoms with Gasteiger partial charge in [-0.3, -0.25) is 0 Å². The van der Waals surface area contributed by atoms with E-state index in [9.17, 15) is 5.11 Å². The highest BCUT2D eigenvalue weighted by atomic mass is 35.5. The minimum atomic E-state index is 0.352. The summed E-state index contributed by atoms with van der Waals surface area (Å²) in [6.07, 6.45) is 3.83. The third-order valence-electron chi connectivity index (χ3n) is 3.44. The lowest BCUT2D eigenvalue weighted by Gasteiger charge is -2.08. The molecule has 0 bridgehead atoms. The van der Waals surface area contributed by atoms with Crippen LogP contribution in [0, 0.1) is 0 Å². The largest absolute Gasteiger partial charge is 0.507 e. The quantitative estimate of drug-likeness (QED) is 0.555. The molecule has 96 valence electrons. The fourth-order valence-electron chi connectivity index (χ4n) is 2.62. The third-order valence-corrected chi connectivity index (χ3v) is 3.74. The predicted octanol–water partition coefficient (Wildman–Crippen LogP) is 3.89. The Morgan fingerprint density at radius 2 is 2.00 bits per heavy atom. The van der Waals surface area contributed by atoms with E-state index in [1.165, 1.54) is 0 Å². The maximum absolute atomic E-state index is 10.5. The second kappa shape index (κ2) is 4.71. The van der Waals surface area contributed by atoms with Crippen LogP contribution in [0.5, 0.6) is 5.75 Å². The molecule has 0 spiro atoms. The van der Waals surface area contributed by atoms with Gasteiger partial charge in [0.2, 0.25) is 11.0 Å². The Bertz CT molecular complexity index is 767. The average Bonchev–Trinajstić information content (AvgIpc) is 2.43. The van der Waals surface area contributed by atoms with Crippen LogP contribution < -0.4 is 4.40 Å². The predicted molar refractivity (Wildman–Crippen MR) is 77.8 cm³/mol. The van der Waals surface area contributed by atoms with E-state index in [-0.39, 0.29) is 0 Å². The molecule has 0 aliphatic carbocycles. The van der Waals surface area contributed by atoms with E-state index in [1.54, 1.807) is 0 Å². The Morgan fingerprint density at radius 1 is 1.16 bits per heavy atom. The van der Waals surface area contributed by atoms with Gasteiger partial charge in [0.05, 0.1) is 10.9 Å². The smallest absolute Gasteiger partial charge is 0.240 e. The third kappa shape index (κ3) is 1.83. The summed E-state index contributed by atoms with van der Waals surface area (Å²) in [6, 6.07) is 11.6. The fraction of sp³-hybridized carbons (Fsp3) is 0.188. The van der Waals surface area contributed by atoms with Crippen molar-refractivity contribution in [2.75, 3.05) is 0 Å². The van der Waals surface area contributed by atoms with Crippen molar-refractivity contribution in [1.29, 1.82) is 0 Å². The number of benzene rings is 1.